The normalized spacial score (nSPS) is 38.0. The summed E-state index contributed by atoms with van der Waals surface area (Å²) < 4.78 is 20.9. The number of carbonyl (C=O) groups excluding carboxylic acids is 2. The molecule has 2 aliphatic heterocycles. The van der Waals surface area contributed by atoms with Crippen molar-refractivity contribution < 1.29 is 69.1 Å². The van der Waals surface area contributed by atoms with Crippen LogP contribution in [0.5, 0.6) is 0 Å². The number of aliphatic hydroxyl groups is 7. The van der Waals surface area contributed by atoms with Crippen LogP contribution in [0.3, 0.4) is 0 Å². The first-order valence-electron chi connectivity index (χ1n) is 10.8. The lowest BCUT2D eigenvalue weighted by atomic mass is 9.96. The average molecular weight is 514 g/mol. The molecule has 2 amide bonds. The second-order valence-electron chi connectivity index (χ2n) is 9.02. The van der Waals surface area contributed by atoms with Crippen molar-refractivity contribution in [3.8, 4) is 0 Å². The number of hydrogen-bond acceptors (Lipinski definition) is 14. The quantitative estimate of drug-likeness (QED) is 0.138. The van der Waals surface area contributed by atoms with Gasteiger partial charge < -0.3 is 60.0 Å². The van der Waals surface area contributed by atoms with Crippen LogP contribution in [0.4, 0.5) is 4.79 Å². The van der Waals surface area contributed by atoms with E-state index in [0.29, 0.717) is 0 Å². The van der Waals surface area contributed by atoms with Gasteiger partial charge in [0.15, 0.2) is 19.1 Å². The summed E-state index contributed by atoms with van der Waals surface area (Å²) in [6.45, 7) is 2.67. The number of hydrogen-bond donors (Lipinski definition) is 9. The van der Waals surface area contributed by atoms with Gasteiger partial charge in [0.2, 0.25) is 0 Å². The number of rotatable bonds is 8. The van der Waals surface area contributed by atoms with E-state index in [1.54, 1.807) is 20.8 Å². The molecule has 204 valence electrons. The standard InChI is InChI=1S/C19H34N2O14/c1-19(2,3)35-18(30)21-31-6-9(24)20-16-13(28)12(27)15(8(5-23)32-16)34-17-14(29)11(26)10(25)7(4-22)33-17/h7-8,10-17,22-23,25-29H,4-6H2,1-3H3,(H,20,24)(H,21,30)/t7-,8-,10+,11+,12-,13-,14-,15-,16-,17+/m1/s1. The molecule has 2 aliphatic rings. The lowest BCUT2D eigenvalue weighted by Gasteiger charge is -2.46. The van der Waals surface area contributed by atoms with Crippen LogP contribution in [0.15, 0.2) is 0 Å². The Morgan fingerprint density at radius 3 is 2.06 bits per heavy atom. The lowest BCUT2D eigenvalue weighted by molar-refractivity contribution is -0.343. The fourth-order valence-electron chi connectivity index (χ4n) is 3.37. The first-order valence-corrected chi connectivity index (χ1v) is 10.8. The Hall–Kier alpha value is -1.70. The van der Waals surface area contributed by atoms with Gasteiger partial charge in [-0.25, -0.2) is 4.79 Å². The molecule has 2 fully saturated rings. The third-order valence-corrected chi connectivity index (χ3v) is 5.07. The largest absolute Gasteiger partial charge is 0.442 e. The molecule has 0 unspecified atom stereocenters. The third kappa shape index (κ3) is 7.89. The average Bonchev–Trinajstić information content (AvgIpc) is 2.77. The van der Waals surface area contributed by atoms with Gasteiger partial charge in [0.1, 0.15) is 54.4 Å². The zero-order valence-corrected chi connectivity index (χ0v) is 19.4. The highest BCUT2D eigenvalue weighted by Crippen LogP contribution is 2.28. The van der Waals surface area contributed by atoms with Crippen molar-refractivity contribution in [1.82, 2.24) is 10.8 Å². The van der Waals surface area contributed by atoms with E-state index in [0.717, 1.165) is 0 Å². The van der Waals surface area contributed by atoms with E-state index in [9.17, 15) is 45.3 Å². The Morgan fingerprint density at radius 1 is 0.857 bits per heavy atom. The summed E-state index contributed by atoms with van der Waals surface area (Å²) >= 11 is 0. The van der Waals surface area contributed by atoms with Crippen molar-refractivity contribution in [3.05, 3.63) is 0 Å². The summed E-state index contributed by atoms with van der Waals surface area (Å²) in [5.41, 5.74) is 1.10. The summed E-state index contributed by atoms with van der Waals surface area (Å²) in [6, 6.07) is 0. The zero-order valence-electron chi connectivity index (χ0n) is 19.4. The Bertz CT molecular complexity index is 702. The van der Waals surface area contributed by atoms with Crippen molar-refractivity contribution in [2.45, 2.75) is 87.7 Å². The monoisotopic (exact) mass is 514 g/mol. The van der Waals surface area contributed by atoms with Gasteiger partial charge in [-0.1, -0.05) is 0 Å². The molecule has 0 bridgehead atoms. The van der Waals surface area contributed by atoms with Gasteiger partial charge in [0, 0.05) is 0 Å². The van der Waals surface area contributed by atoms with Gasteiger partial charge in [-0.2, -0.15) is 5.48 Å². The molecule has 0 aromatic rings. The van der Waals surface area contributed by atoms with Gasteiger partial charge in [0.25, 0.3) is 5.91 Å². The van der Waals surface area contributed by atoms with E-state index in [2.05, 4.69) is 5.32 Å². The summed E-state index contributed by atoms with van der Waals surface area (Å²) in [4.78, 5) is 28.3. The molecule has 35 heavy (non-hydrogen) atoms. The maximum atomic E-state index is 12.1. The molecule has 9 N–H and O–H groups in total. The van der Waals surface area contributed by atoms with Gasteiger partial charge in [-0.3, -0.25) is 9.63 Å². The van der Waals surface area contributed by atoms with Crippen LogP contribution in [-0.4, -0.2) is 135 Å². The molecule has 2 heterocycles. The molecule has 0 aliphatic carbocycles. The highest BCUT2D eigenvalue weighted by molar-refractivity contribution is 5.77. The molecule has 0 aromatic heterocycles. The minimum absolute atomic E-state index is 0.712. The summed E-state index contributed by atoms with van der Waals surface area (Å²) in [7, 11) is 0. The number of hydroxylamine groups is 1. The van der Waals surface area contributed by atoms with E-state index in [4.69, 9.17) is 23.8 Å². The Balaban J connectivity index is 1.93. The van der Waals surface area contributed by atoms with Crippen LogP contribution in [0.2, 0.25) is 0 Å². The fraction of sp³-hybridized carbons (Fsp3) is 0.895. The maximum absolute atomic E-state index is 12.1. The van der Waals surface area contributed by atoms with E-state index >= 15 is 0 Å². The Kier molecular flexibility index (Phi) is 10.6. The molecule has 2 saturated heterocycles. The number of aliphatic hydroxyl groups excluding tert-OH is 7. The van der Waals surface area contributed by atoms with E-state index < -0.39 is 98.8 Å². The lowest BCUT2D eigenvalue weighted by Crippen LogP contribution is -2.66. The van der Waals surface area contributed by atoms with Crippen LogP contribution < -0.4 is 10.8 Å². The molecule has 16 nitrogen and oxygen atoms in total. The van der Waals surface area contributed by atoms with Gasteiger partial charge in [-0.05, 0) is 20.8 Å². The van der Waals surface area contributed by atoms with Gasteiger partial charge >= 0.3 is 6.09 Å². The van der Waals surface area contributed by atoms with Crippen LogP contribution in [0.25, 0.3) is 0 Å². The van der Waals surface area contributed by atoms with Crippen LogP contribution in [0, 0.1) is 0 Å². The number of nitrogens with one attached hydrogen (secondary N) is 2. The minimum Gasteiger partial charge on any atom is -0.442 e. The Morgan fingerprint density at radius 2 is 1.49 bits per heavy atom. The van der Waals surface area contributed by atoms with Crippen LogP contribution in [-0.2, 0) is 28.6 Å². The summed E-state index contributed by atoms with van der Waals surface area (Å²) in [6.07, 6.45) is -17.1. The number of amides is 2. The SMILES string of the molecule is CC(C)(C)OC(=O)NOCC(=O)N[C@@H]1O[C@H](CO)[C@@H](O[C@@H]2O[C@H](CO)[C@H](O)[C@H](O)[C@H]2O)[C@H](O)[C@H]1O. The summed E-state index contributed by atoms with van der Waals surface area (Å²) in [5, 5.41) is 71.9. The highest BCUT2D eigenvalue weighted by atomic mass is 16.7. The van der Waals surface area contributed by atoms with Crippen LogP contribution >= 0.6 is 0 Å². The van der Waals surface area contributed by atoms with E-state index in [-0.39, 0.29) is 0 Å². The third-order valence-electron chi connectivity index (χ3n) is 5.07. The zero-order chi connectivity index (χ0) is 26.5. The van der Waals surface area contributed by atoms with Crippen LogP contribution in [0.1, 0.15) is 20.8 Å². The fourth-order valence-corrected chi connectivity index (χ4v) is 3.37. The molecule has 0 saturated carbocycles. The van der Waals surface area contributed by atoms with Gasteiger partial charge in [-0.15, -0.1) is 0 Å². The van der Waals surface area contributed by atoms with Crippen molar-refractivity contribution in [2.24, 2.45) is 0 Å². The smallest absolute Gasteiger partial charge is 0.431 e. The van der Waals surface area contributed by atoms with Gasteiger partial charge in [0.05, 0.1) is 13.2 Å². The molecule has 0 aromatic carbocycles. The minimum atomic E-state index is -1.80. The van der Waals surface area contributed by atoms with Crippen molar-refractivity contribution in [1.29, 1.82) is 0 Å². The molecule has 0 spiro atoms. The van der Waals surface area contributed by atoms with Crippen molar-refractivity contribution >= 4 is 12.0 Å². The number of ether oxygens (including phenoxy) is 4. The molecule has 16 heteroatoms. The number of carbonyl (C=O) groups is 2. The predicted molar refractivity (Wildman–Crippen MR) is 110 cm³/mol. The summed E-state index contributed by atoms with van der Waals surface area (Å²) in [5.74, 6) is -0.873. The van der Waals surface area contributed by atoms with E-state index in [1.165, 1.54) is 0 Å². The Labute approximate surface area is 200 Å². The molecule has 0 radical (unpaired) electrons. The molecular weight excluding hydrogens is 480 g/mol. The van der Waals surface area contributed by atoms with Crippen molar-refractivity contribution in [3.63, 3.8) is 0 Å². The topological polar surface area (TPSA) is 246 Å². The molecule has 2 rings (SSSR count). The maximum Gasteiger partial charge on any atom is 0.431 e. The first-order chi connectivity index (χ1) is 16.3. The first kappa shape index (κ1) is 29.5. The second kappa shape index (κ2) is 12.5. The van der Waals surface area contributed by atoms with E-state index in [1.807, 2.05) is 5.48 Å². The predicted octanol–water partition coefficient (Wildman–Crippen LogP) is -4.82. The second-order valence-corrected chi connectivity index (χ2v) is 9.02. The molecule has 10 atom stereocenters. The van der Waals surface area contributed by atoms with Crippen molar-refractivity contribution in [2.75, 3.05) is 19.8 Å². The highest BCUT2D eigenvalue weighted by Gasteiger charge is 2.50. The molecular formula is C19H34N2O14.